The average molecular weight is 329 g/mol. The van der Waals surface area contributed by atoms with E-state index in [1.54, 1.807) is 13.0 Å². The van der Waals surface area contributed by atoms with Crippen LogP contribution in [0.25, 0.3) is 0 Å². The van der Waals surface area contributed by atoms with Crippen molar-refractivity contribution in [1.29, 1.82) is 0 Å². The van der Waals surface area contributed by atoms with Crippen LogP contribution in [0.5, 0.6) is 0 Å². The average Bonchev–Trinajstić information content (AvgIpc) is 2.95. The molecule has 1 heterocycles. The number of aliphatic hydroxyl groups is 1. The molecule has 0 bridgehead atoms. The summed E-state index contributed by atoms with van der Waals surface area (Å²) in [5, 5.41) is 17.2. The van der Waals surface area contributed by atoms with Crippen molar-refractivity contribution in [2.24, 2.45) is 0 Å². The molecule has 0 fully saturated rings. The fourth-order valence-corrected chi connectivity index (χ4v) is 2.63. The second-order valence-corrected chi connectivity index (χ2v) is 6.07. The maximum Gasteiger partial charge on any atom is 0.319 e. The summed E-state index contributed by atoms with van der Waals surface area (Å²) in [5.41, 5.74) is -1.16. The molecule has 4 nitrogen and oxygen atoms in total. The van der Waals surface area contributed by atoms with Gasteiger partial charge in [-0.05, 0) is 36.6 Å². The van der Waals surface area contributed by atoms with Crippen LogP contribution in [0.4, 0.5) is 14.9 Å². The molecule has 2 amide bonds. The Morgan fingerprint density at radius 2 is 2.24 bits per heavy atom. The number of rotatable bonds is 4. The molecule has 0 aliphatic rings. The molecule has 1 atom stereocenters. The first kappa shape index (κ1) is 15.8. The molecule has 0 radical (unpaired) electrons. The highest BCUT2D eigenvalue weighted by atomic mass is 35.5. The molecule has 0 spiro atoms. The zero-order chi connectivity index (χ0) is 15.5. The summed E-state index contributed by atoms with van der Waals surface area (Å²) in [7, 11) is 0. The third-order valence-corrected chi connectivity index (χ3v) is 4.18. The van der Waals surface area contributed by atoms with Crippen molar-refractivity contribution in [2.45, 2.75) is 12.5 Å². The largest absolute Gasteiger partial charge is 0.383 e. The third kappa shape index (κ3) is 4.17. The van der Waals surface area contributed by atoms with Crippen molar-refractivity contribution in [2.75, 3.05) is 11.9 Å². The Bertz CT molecular complexity index is 632. The lowest BCUT2D eigenvalue weighted by atomic mass is 10.1. The summed E-state index contributed by atoms with van der Waals surface area (Å²) in [6.07, 6.45) is 0. The Kier molecular flexibility index (Phi) is 4.82. The normalized spacial score (nSPS) is 13.5. The number of nitrogens with one attached hydrogen (secondary N) is 2. The van der Waals surface area contributed by atoms with E-state index < -0.39 is 17.4 Å². The Labute approximate surface area is 130 Å². The van der Waals surface area contributed by atoms with Crippen molar-refractivity contribution >= 4 is 34.7 Å². The number of halogens is 2. The molecule has 1 unspecified atom stereocenters. The SMILES string of the molecule is CC(O)(CNC(=O)Nc1ccc(Cl)cc1F)c1cccs1. The third-order valence-electron chi connectivity index (χ3n) is 2.82. The second kappa shape index (κ2) is 6.43. The summed E-state index contributed by atoms with van der Waals surface area (Å²) in [5.74, 6) is -0.623. The van der Waals surface area contributed by atoms with Crippen LogP contribution in [0.1, 0.15) is 11.8 Å². The van der Waals surface area contributed by atoms with Crippen molar-refractivity contribution in [3.05, 3.63) is 51.4 Å². The zero-order valence-corrected chi connectivity index (χ0v) is 12.8. The minimum Gasteiger partial charge on any atom is -0.383 e. The van der Waals surface area contributed by atoms with Gasteiger partial charge in [0.05, 0.1) is 12.2 Å². The summed E-state index contributed by atoms with van der Waals surface area (Å²) in [4.78, 5) is 12.5. The molecule has 0 aliphatic carbocycles. The van der Waals surface area contributed by atoms with Crippen LogP contribution in [0.2, 0.25) is 5.02 Å². The Hall–Kier alpha value is -1.63. The van der Waals surface area contributed by atoms with E-state index in [1.165, 1.54) is 23.5 Å². The molecule has 2 aromatic rings. The van der Waals surface area contributed by atoms with Crippen molar-refractivity contribution in [3.8, 4) is 0 Å². The zero-order valence-electron chi connectivity index (χ0n) is 11.2. The molecule has 7 heteroatoms. The smallest absolute Gasteiger partial charge is 0.319 e. The fraction of sp³-hybridized carbons (Fsp3) is 0.214. The predicted molar refractivity (Wildman–Crippen MR) is 82.3 cm³/mol. The molecule has 1 aromatic heterocycles. The minimum atomic E-state index is -1.18. The molecule has 0 saturated carbocycles. The number of amides is 2. The van der Waals surface area contributed by atoms with Crippen LogP contribution in [0.15, 0.2) is 35.7 Å². The topological polar surface area (TPSA) is 61.4 Å². The summed E-state index contributed by atoms with van der Waals surface area (Å²) < 4.78 is 13.5. The van der Waals surface area contributed by atoms with Gasteiger partial charge in [0.2, 0.25) is 0 Å². The van der Waals surface area contributed by atoms with Gasteiger partial charge in [-0.3, -0.25) is 0 Å². The van der Waals surface area contributed by atoms with Gasteiger partial charge >= 0.3 is 6.03 Å². The van der Waals surface area contributed by atoms with Gasteiger partial charge in [0.1, 0.15) is 11.4 Å². The minimum absolute atomic E-state index is 0.00849. The molecular formula is C14H14ClFN2O2S. The van der Waals surface area contributed by atoms with Crippen LogP contribution in [0, 0.1) is 5.82 Å². The van der Waals surface area contributed by atoms with E-state index in [9.17, 15) is 14.3 Å². The molecule has 21 heavy (non-hydrogen) atoms. The number of thiophene rings is 1. The van der Waals surface area contributed by atoms with Crippen LogP contribution in [-0.2, 0) is 5.60 Å². The lowest BCUT2D eigenvalue weighted by Gasteiger charge is -2.22. The Morgan fingerprint density at radius 1 is 1.48 bits per heavy atom. The second-order valence-electron chi connectivity index (χ2n) is 4.68. The van der Waals surface area contributed by atoms with Gasteiger partial charge in [0.25, 0.3) is 0 Å². The Balaban J connectivity index is 1.93. The van der Waals surface area contributed by atoms with Crippen LogP contribution in [0.3, 0.4) is 0 Å². The number of carbonyl (C=O) groups excluding carboxylic acids is 1. The van der Waals surface area contributed by atoms with Gasteiger partial charge in [0.15, 0.2) is 0 Å². The first-order valence-electron chi connectivity index (χ1n) is 6.15. The Morgan fingerprint density at radius 3 is 2.86 bits per heavy atom. The predicted octanol–water partition coefficient (Wildman–Crippen LogP) is 3.57. The van der Waals surface area contributed by atoms with Crippen molar-refractivity contribution < 1.29 is 14.3 Å². The van der Waals surface area contributed by atoms with Crippen molar-refractivity contribution in [3.63, 3.8) is 0 Å². The molecule has 0 saturated heterocycles. The van der Waals surface area contributed by atoms with Gasteiger partial charge < -0.3 is 15.7 Å². The number of urea groups is 1. The van der Waals surface area contributed by atoms with E-state index in [0.717, 1.165) is 10.9 Å². The molecule has 3 N–H and O–H groups in total. The highest BCUT2D eigenvalue weighted by Crippen LogP contribution is 2.24. The lowest BCUT2D eigenvalue weighted by molar-refractivity contribution is 0.0637. The van der Waals surface area contributed by atoms with Crippen LogP contribution in [-0.4, -0.2) is 17.7 Å². The van der Waals surface area contributed by atoms with E-state index in [0.29, 0.717) is 0 Å². The van der Waals surface area contributed by atoms with Gasteiger partial charge in [0, 0.05) is 9.90 Å². The first-order valence-corrected chi connectivity index (χ1v) is 7.40. The molecule has 2 rings (SSSR count). The number of benzene rings is 1. The number of hydrogen-bond donors (Lipinski definition) is 3. The lowest BCUT2D eigenvalue weighted by Crippen LogP contribution is -2.40. The van der Waals surface area contributed by atoms with Gasteiger partial charge in [-0.25, -0.2) is 9.18 Å². The highest BCUT2D eigenvalue weighted by Gasteiger charge is 2.24. The van der Waals surface area contributed by atoms with E-state index >= 15 is 0 Å². The van der Waals surface area contributed by atoms with Crippen LogP contribution >= 0.6 is 22.9 Å². The van der Waals surface area contributed by atoms with Gasteiger partial charge in [-0.15, -0.1) is 11.3 Å². The standard InChI is InChI=1S/C14H14ClFN2O2S/c1-14(20,12-3-2-6-21-12)8-17-13(19)18-11-5-4-9(15)7-10(11)16/h2-7,20H,8H2,1H3,(H2,17,18,19). The molecule has 112 valence electrons. The number of hydrogen-bond acceptors (Lipinski definition) is 3. The quantitative estimate of drug-likeness (QED) is 0.803. The highest BCUT2D eigenvalue weighted by molar-refractivity contribution is 7.10. The van der Waals surface area contributed by atoms with E-state index in [4.69, 9.17) is 11.6 Å². The number of carbonyl (C=O) groups is 1. The fourth-order valence-electron chi connectivity index (χ4n) is 1.68. The first-order chi connectivity index (χ1) is 9.88. The van der Waals surface area contributed by atoms with Gasteiger partial charge in [-0.1, -0.05) is 17.7 Å². The van der Waals surface area contributed by atoms with Gasteiger partial charge in [-0.2, -0.15) is 0 Å². The van der Waals surface area contributed by atoms with E-state index in [-0.39, 0.29) is 17.3 Å². The van der Waals surface area contributed by atoms with Crippen LogP contribution < -0.4 is 10.6 Å². The summed E-state index contributed by atoms with van der Waals surface area (Å²) >= 11 is 7.02. The maximum atomic E-state index is 13.5. The monoisotopic (exact) mass is 328 g/mol. The van der Waals surface area contributed by atoms with E-state index in [1.807, 2.05) is 11.4 Å². The molecule has 1 aromatic carbocycles. The summed E-state index contributed by atoms with van der Waals surface area (Å²) in [6, 6.07) is 6.95. The van der Waals surface area contributed by atoms with Crippen molar-refractivity contribution in [1.82, 2.24) is 5.32 Å². The number of anilines is 1. The summed E-state index contributed by atoms with van der Waals surface area (Å²) in [6.45, 7) is 1.61. The molecular weight excluding hydrogens is 315 g/mol. The molecule has 0 aliphatic heterocycles. The maximum absolute atomic E-state index is 13.5. The van der Waals surface area contributed by atoms with E-state index in [2.05, 4.69) is 10.6 Å².